The Morgan fingerprint density at radius 2 is 2.24 bits per heavy atom. The van der Waals surface area contributed by atoms with Crippen LogP contribution in [0.3, 0.4) is 0 Å². The fourth-order valence-corrected chi connectivity index (χ4v) is 1.91. The molecule has 7 nitrogen and oxygen atoms in total. The first-order valence-corrected chi connectivity index (χ1v) is 7.00. The van der Waals surface area contributed by atoms with E-state index in [0.717, 1.165) is 13.0 Å². The molecule has 1 amide bonds. The number of hydrogen-bond donors (Lipinski definition) is 2. The van der Waals surface area contributed by atoms with Gasteiger partial charge < -0.3 is 10.6 Å². The number of nitrogens with one attached hydrogen (secondary N) is 2. The zero-order chi connectivity index (χ0) is 15.2. The zero-order valence-electron chi connectivity index (χ0n) is 11.9. The van der Waals surface area contributed by atoms with Gasteiger partial charge in [0.15, 0.2) is 5.82 Å². The molecule has 0 aliphatic carbocycles. The molecule has 2 aromatic heterocycles. The fourth-order valence-electron chi connectivity index (χ4n) is 1.70. The lowest BCUT2D eigenvalue weighted by Crippen LogP contribution is -2.23. The molecular formula is C13H17ClN6O. The first-order chi connectivity index (χ1) is 10.1. The molecule has 8 heteroatoms. The highest BCUT2D eigenvalue weighted by Crippen LogP contribution is 2.14. The van der Waals surface area contributed by atoms with Crippen molar-refractivity contribution in [2.24, 2.45) is 7.05 Å². The summed E-state index contributed by atoms with van der Waals surface area (Å²) in [6.45, 7) is 3.08. The Bertz CT molecular complexity index is 627. The van der Waals surface area contributed by atoms with Crippen LogP contribution in [0.25, 0.3) is 0 Å². The molecule has 0 bridgehead atoms. The summed E-state index contributed by atoms with van der Waals surface area (Å²) in [6, 6.07) is 3.20. The van der Waals surface area contributed by atoms with Crippen molar-refractivity contribution >= 4 is 23.3 Å². The third-order valence-electron chi connectivity index (χ3n) is 2.67. The number of nitrogens with zero attached hydrogens (tertiary/aromatic N) is 4. The van der Waals surface area contributed by atoms with E-state index in [4.69, 9.17) is 11.6 Å². The van der Waals surface area contributed by atoms with Crippen molar-refractivity contribution in [1.29, 1.82) is 0 Å². The van der Waals surface area contributed by atoms with Crippen molar-refractivity contribution in [2.75, 3.05) is 11.9 Å². The van der Waals surface area contributed by atoms with E-state index in [1.165, 1.54) is 6.07 Å². The lowest BCUT2D eigenvalue weighted by molar-refractivity contribution is 0.0950. The van der Waals surface area contributed by atoms with E-state index in [0.29, 0.717) is 17.2 Å². The number of amides is 1. The Balaban J connectivity index is 2.02. The molecule has 0 fully saturated rings. The molecule has 2 N–H and O–H groups in total. The van der Waals surface area contributed by atoms with Crippen molar-refractivity contribution in [1.82, 2.24) is 25.1 Å². The summed E-state index contributed by atoms with van der Waals surface area (Å²) in [5.41, 5.74) is 0.449. The van der Waals surface area contributed by atoms with Gasteiger partial charge in [0.25, 0.3) is 5.91 Å². The molecule has 2 rings (SSSR count). The Labute approximate surface area is 127 Å². The van der Waals surface area contributed by atoms with Crippen molar-refractivity contribution in [2.45, 2.75) is 19.9 Å². The summed E-state index contributed by atoms with van der Waals surface area (Å²) in [4.78, 5) is 20.3. The number of rotatable bonds is 6. The first kappa shape index (κ1) is 15.2. The lowest BCUT2D eigenvalue weighted by atomic mass is 10.2. The predicted octanol–water partition coefficient (Wildman–Crippen LogP) is 1.62. The minimum atomic E-state index is -0.244. The van der Waals surface area contributed by atoms with Gasteiger partial charge in [0.1, 0.15) is 17.3 Å². The van der Waals surface area contributed by atoms with E-state index < -0.39 is 0 Å². The lowest BCUT2D eigenvalue weighted by Gasteiger charge is -2.08. The number of carbonyl (C=O) groups excluding carboxylic acids is 1. The number of anilines is 1. The predicted molar refractivity (Wildman–Crippen MR) is 80.2 cm³/mol. The SMILES string of the molecule is CCCNc1cc(C(=O)NCc2ncn(C)n2)cc(Cl)n1. The molecule has 21 heavy (non-hydrogen) atoms. The maximum absolute atomic E-state index is 12.1. The average molecular weight is 309 g/mol. The second-order valence-electron chi connectivity index (χ2n) is 4.51. The quantitative estimate of drug-likeness (QED) is 0.792. The molecule has 0 saturated heterocycles. The van der Waals surface area contributed by atoms with Gasteiger partial charge in [-0.25, -0.2) is 9.97 Å². The van der Waals surface area contributed by atoms with Crippen LogP contribution in [-0.2, 0) is 13.6 Å². The number of carbonyl (C=O) groups is 1. The molecule has 0 saturated carbocycles. The smallest absolute Gasteiger partial charge is 0.251 e. The monoisotopic (exact) mass is 308 g/mol. The van der Waals surface area contributed by atoms with Crippen LogP contribution in [0.15, 0.2) is 18.5 Å². The van der Waals surface area contributed by atoms with E-state index in [-0.39, 0.29) is 17.6 Å². The maximum Gasteiger partial charge on any atom is 0.251 e. The largest absolute Gasteiger partial charge is 0.370 e. The van der Waals surface area contributed by atoms with E-state index in [1.54, 1.807) is 24.1 Å². The standard InChI is InChI=1S/C13H17ClN6O/c1-3-4-15-11-6-9(5-10(14)18-11)13(21)16-7-12-17-8-20(2)19-12/h5-6,8H,3-4,7H2,1-2H3,(H,15,18)(H,16,21). The minimum Gasteiger partial charge on any atom is -0.370 e. The number of aryl methyl sites for hydroxylation is 1. The fraction of sp³-hybridized carbons (Fsp3) is 0.385. The number of pyridine rings is 1. The van der Waals surface area contributed by atoms with Gasteiger partial charge in [-0.15, -0.1) is 0 Å². The van der Waals surface area contributed by atoms with Gasteiger partial charge in [-0.3, -0.25) is 9.48 Å². The molecule has 0 unspecified atom stereocenters. The highest BCUT2D eigenvalue weighted by Gasteiger charge is 2.10. The number of hydrogen-bond acceptors (Lipinski definition) is 5. The van der Waals surface area contributed by atoms with Crippen molar-refractivity contribution in [3.63, 3.8) is 0 Å². The summed E-state index contributed by atoms with van der Waals surface area (Å²) in [6.07, 6.45) is 2.54. The maximum atomic E-state index is 12.1. The van der Waals surface area contributed by atoms with E-state index in [1.807, 2.05) is 6.92 Å². The van der Waals surface area contributed by atoms with Crippen LogP contribution in [0.4, 0.5) is 5.82 Å². The Morgan fingerprint density at radius 3 is 2.90 bits per heavy atom. The summed E-state index contributed by atoms with van der Waals surface area (Å²) in [5, 5.41) is 10.2. The Hall–Kier alpha value is -2.15. The molecule has 2 heterocycles. The summed E-state index contributed by atoms with van der Waals surface area (Å²) in [7, 11) is 1.77. The van der Waals surface area contributed by atoms with Gasteiger partial charge >= 0.3 is 0 Å². The van der Waals surface area contributed by atoms with Crippen LogP contribution in [0.1, 0.15) is 29.5 Å². The van der Waals surface area contributed by atoms with Crippen molar-refractivity contribution in [3.8, 4) is 0 Å². The van der Waals surface area contributed by atoms with Crippen LogP contribution in [-0.4, -0.2) is 32.2 Å². The summed E-state index contributed by atoms with van der Waals surface area (Å²) < 4.78 is 1.58. The highest BCUT2D eigenvalue weighted by atomic mass is 35.5. The van der Waals surface area contributed by atoms with Crippen LogP contribution in [0, 0.1) is 0 Å². The molecule has 112 valence electrons. The third kappa shape index (κ3) is 4.42. The van der Waals surface area contributed by atoms with Gasteiger partial charge in [-0.1, -0.05) is 18.5 Å². The first-order valence-electron chi connectivity index (χ1n) is 6.62. The van der Waals surface area contributed by atoms with Crippen LogP contribution in [0.5, 0.6) is 0 Å². The second-order valence-corrected chi connectivity index (χ2v) is 4.89. The second kappa shape index (κ2) is 7.03. The summed E-state index contributed by atoms with van der Waals surface area (Å²) >= 11 is 5.93. The topological polar surface area (TPSA) is 84.7 Å². The van der Waals surface area contributed by atoms with E-state index >= 15 is 0 Å². The van der Waals surface area contributed by atoms with Gasteiger partial charge in [0.05, 0.1) is 6.54 Å². The molecule has 0 atom stereocenters. The van der Waals surface area contributed by atoms with Gasteiger partial charge in [-0.2, -0.15) is 5.10 Å². The van der Waals surface area contributed by atoms with Crippen molar-refractivity contribution < 1.29 is 4.79 Å². The molecule has 2 aromatic rings. The normalized spacial score (nSPS) is 10.4. The Kier molecular flexibility index (Phi) is 5.10. The molecule has 0 aliphatic heterocycles. The van der Waals surface area contributed by atoms with Gasteiger partial charge in [-0.05, 0) is 18.6 Å². The minimum absolute atomic E-state index is 0.244. The average Bonchev–Trinajstić information content (AvgIpc) is 2.87. The van der Waals surface area contributed by atoms with Gasteiger partial charge in [0.2, 0.25) is 0 Å². The van der Waals surface area contributed by atoms with Crippen LogP contribution >= 0.6 is 11.6 Å². The molecule has 0 spiro atoms. The van der Waals surface area contributed by atoms with Crippen molar-refractivity contribution in [3.05, 3.63) is 35.0 Å². The molecule has 0 radical (unpaired) electrons. The van der Waals surface area contributed by atoms with Crippen LogP contribution in [0.2, 0.25) is 5.15 Å². The Morgan fingerprint density at radius 1 is 1.43 bits per heavy atom. The number of aromatic nitrogens is 4. The third-order valence-corrected chi connectivity index (χ3v) is 2.86. The molecule has 0 aliphatic rings. The van der Waals surface area contributed by atoms with E-state index in [2.05, 4.69) is 25.7 Å². The molecular weight excluding hydrogens is 292 g/mol. The molecule has 0 aromatic carbocycles. The zero-order valence-corrected chi connectivity index (χ0v) is 12.7. The summed E-state index contributed by atoms with van der Waals surface area (Å²) in [5.74, 6) is 0.895. The number of halogens is 1. The van der Waals surface area contributed by atoms with E-state index in [9.17, 15) is 4.79 Å². The van der Waals surface area contributed by atoms with Gasteiger partial charge in [0, 0.05) is 19.2 Å². The van der Waals surface area contributed by atoms with Crippen LogP contribution < -0.4 is 10.6 Å². The highest BCUT2D eigenvalue weighted by molar-refractivity contribution is 6.29.